The van der Waals surface area contributed by atoms with Crippen LogP contribution in [-0.4, -0.2) is 17.5 Å². The van der Waals surface area contributed by atoms with Gasteiger partial charge in [-0.3, -0.25) is 4.90 Å². The first kappa shape index (κ1) is 15.5. The van der Waals surface area contributed by atoms with Crippen LogP contribution in [0.2, 0.25) is 0 Å². The topological polar surface area (TPSA) is 29.3 Å². The first-order valence-corrected chi connectivity index (χ1v) is 7.65. The molecule has 0 amide bonds. The molecule has 0 aliphatic heterocycles. The maximum atomic E-state index is 5.90. The molecule has 0 saturated heterocycles. The minimum Gasteiger partial charge on any atom is -0.399 e. The molecule has 18 heavy (non-hydrogen) atoms. The van der Waals surface area contributed by atoms with Crippen molar-refractivity contribution in [2.45, 2.75) is 52.6 Å². The van der Waals surface area contributed by atoms with Crippen LogP contribution in [0, 0.1) is 0 Å². The van der Waals surface area contributed by atoms with Crippen molar-refractivity contribution in [3.8, 4) is 0 Å². The molecule has 0 heterocycles. The van der Waals surface area contributed by atoms with Crippen LogP contribution in [0.25, 0.3) is 0 Å². The van der Waals surface area contributed by atoms with E-state index in [-0.39, 0.29) is 0 Å². The van der Waals surface area contributed by atoms with Crippen molar-refractivity contribution in [1.82, 2.24) is 4.90 Å². The van der Waals surface area contributed by atoms with Gasteiger partial charge in [0, 0.05) is 22.7 Å². The zero-order valence-corrected chi connectivity index (χ0v) is 13.3. The van der Waals surface area contributed by atoms with Crippen molar-refractivity contribution >= 4 is 21.6 Å². The monoisotopic (exact) mass is 312 g/mol. The van der Waals surface area contributed by atoms with E-state index in [4.69, 9.17) is 5.73 Å². The highest BCUT2D eigenvalue weighted by molar-refractivity contribution is 9.10. The quantitative estimate of drug-likeness (QED) is 0.754. The lowest BCUT2D eigenvalue weighted by Gasteiger charge is -2.28. The van der Waals surface area contributed by atoms with E-state index in [1.807, 2.05) is 6.07 Å². The molecular weight excluding hydrogens is 288 g/mol. The molecule has 0 bridgehead atoms. The highest BCUT2D eigenvalue weighted by Crippen LogP contribution is 2.20. The maximum absolute atomic E-state index is 5.90. The second kappa shape index (κ2) is 7.80. The second-order valence-electron chi connectivity index (χ2n) is 4.97. The summed E-state index contributed by atoms with van der Waals surface area (Å²) < 4.78 is 1.07. The Balaban J connectivity index is 2.74. The number of hydrogen-bond donors (Lipinski definition) is 1. The lowest BCUT2D eigenvalue weighted by atomic mass is 10.1. The number of benzene rings is 1. The van der Waals surface area contributed by atoms with Crippen molar-refractivity contribution in [1.29, 1.82) is 0 Å². The minimum absolute atomic E-state index is 0.622. The van der Waals surface area contributed by atoms with Gasteiger partial charge in [-0.05, 0) is 50.1 Å². The van der Waals surface area contributed by atoms with Crippen LogP contribution in [0.5, 0.6) is 0 Å². The first-order valence-electron chi connectivity index (χ1n) is 6.85. The Morgan fingerprint density at radius 1 is 1.28 bits per heavy atom. The summed E-state index contributed by atoms with van der Waals surface area (Å²) in [6.07, 6.45) is 3.69. The van der Waals surface area contributed by atoms with Gasteiger partial charge in [-0.15, -0.1) is 0 Å². The lowest BCUT2D eigenvalue weighted by Crippen LogP contribution is -2.33. The molecular formula is C15H25BrN2. The largest absolute Gasteiger partial charge is 0.399 e. The molecule has 0 aliphatic carbocycles. The number of nitrogens with zero attached hydrogens (tertiary/aromatic N) is 1. The van der Waals surface area contributed by atoms with E-state index in [1.165, 1.54) is 24.8 Å². The van der Waals surface area contributed by atoms with Gasteiger partial charge in [-0.1, -0.05) is 36.2 Å². The number of nitrogen functional groups attached to an aromatic ring is 1. The molecule has 1 aromatic carbocycles. The Kier molecular flexibility index (Phi) is 6.72. The predicted molar refractivity (Wildman–Crippen MR) is 83.6 cm³/mol. The van der Waals surface area contributed by atoms with E-state index in [1.54, 1.807) is 0 Å². The first-order chi connectivity index (χ1) is 8.56. The van der Waals surface area contributed by atoms with Crippen LogP contribution in [-0.2, 0) is 6.54 Å². The van der Waals surface area contributed by atoms with Crippen molar-refractivity contribution in [2.24, 2.45) is 0 Å². The standard InChI is InChI=1S/C15H25BrN2/c1-4-6-7-18(12(3)5-2)11-13-8-14(16)10-15(17)9-13/h8-10,12H,4-7,11,17H2,1-3H3. The molecule has 3 heteroatoms. The molecule has 102 valence electrons. The Labute approximate surface area is 120 Å². The fourth-order valence-electron chi connectivity index (χ4n) is 2.08. The number of rotatable bonds is 7. The van der Waals surface area contributed by atoms with Gasteiger partial charge < -0.3 is 5.73 Å². The van der Waals surface area contributed by atoms with Gasteiger partial charge in [-0.2, -0.15) is 0 Å². The second-order valence-corrected chi connectivity index (χ2v) is 5.89. The Morgan fingerprint density at radius 2 is 2.00 bits per heavy atom. The summed E-state index contributed by atoms with van der Waals surface area (Å²) in [6.45, 7) is 8.94. The van der Waals surface area contributed by atoms with Gasteiger partial charge >= 0.3 is 0 Å². The van der Waals surface area contributed by atoms with E-state index >= 15 is 0 Å². The zero-order valence-electron chi connectivity index (χ0n) is 11.7. The van der Waals surface area contributed by atoms with E-state index in [0.717, 1.165) is 23.2 Å². The van der Waals surface area contributed by atoms with Crippen LogP contribution in [0.3, 0.4) is 0 Å². The average molecular weight is 313 g/mol. The van der Waals surface area contributed by atoms with Gasteiger partial charge in [0.25, 0.3) is 0 Å². The third-order valence-corrected chi connectivity index (χ3v) is 3.84. The maximum Gasteiger partial charge on any atom is 0.0328 e. The number of unbranched alkanes of at least 4 members (excludes halogenated alkanes) is 1. The highest BCUT2D eigenvalue weighted by Gasteiger charge is 2.12. The van der Waals surface area contributed by atoms with Gasteiger partial charge in [0.15, 0.2) is 0 Å². The van der Waals surface area contributed by atoms with Gasteiger partial charge in [0.05, 0.1) is 0 Å². The summed E-state index contributed by atoms with van der Waals surface area (Å²) >= 11 is 3.51. The molecule has 1 rings (SSSR count). The van der Waals surface area contributed by atoms with Gasteiger partial charge in [-0.25, -0.2) is 0 Å². The molecule has 1 unspecified atom stereocenters. The van der Waals surface area contributed by atoms with E-state index in [2.05, 4.69) is 53.7 Å². The normalized spacial score (nSPS) is 12.9. The molecule has 1 atom stereocenters. The number of hydrogen-bond acceptors (Lipinski definition) is 2. The summed E-state index contributed by atoms with van der Waals surface area (Å²) in [7, 11) is 0. The summed E-state index contributed by atoms with van der Waals surface area (Å²) in [5, 5.41) is 0. The summed E-state index contributed by atoms with van der Waals surface area (Å²) in [6, 6.07) is 6.81. The summed E-state index contributed by atoms with van der Waals surface area (Å²) in [5.74, 6) is 0. The minimum atomic E-state index is 0.622. The molecule has 2 nitrogen and oxygen atoms in total. The average Bonchev–Trinajstić information content (AvgIpc) is 2.32. The molecule has 0 saturated carbocycles. The van der Waals surface area contributed by atoms with Crippen LogP contribution >= 0.6 is 15.9 Å². The zero-order chi connectivity index (χ0) is 13.5. The van der Waals surface area contributed by atoms with Crippen LogP contribution in [0.4, 0.5) is 5.69 Å². The van der Waals surface area contributed by atoms with Crippen LogP contribution in [0.1, 0.15) is 45.6 Å². The van der Waals surface area contributed by atoms with Crippen molar-refractivity contribution in [3.05, 3.63) is 28.2 Å². The highest BCUT2D eigenvalue weighted by atomic mass is 79.9. The number of halogens is 1. The molecule has 0 radical (unpaired) electrons. The van der Waals surface area contributed by atoms with Gasteiger partial charge in [0.1, 0.15) is 0 Å². The van der Waals surface area contributed by atoms with E-state index in [9.17, 15) is 0 Å². The molecule has 1 aromatic rings. The molecule has 0 aromatic heterocycles. The smallest absolute Gasteiger partial charge is 0.0328 e. The molecule has 0 spiro atoms. The number of anilines is 1. The van der Waals surface area contributed by atoms with Crippen LogP contribution < -0.4 is 5.73 Å². The van der Waals surface area contributed by atoms with Crippen molar-refractivity contribution in [3.63, 3.8) is 0 Å². The fraction of sp³-hybridized carbons (Fsp3) is 0.600. The van der Waals surface area contributed by atoms with Crippen molar-refractivity contribution in [2.75, 3.05) is 12.3 Å². The summed E-state index contributed by atoms with van der Waals surface area (Å²) in [4.78, 5) is 2.55. The lowest BCUT2D eigenvalue weighted by molar-refractivity contribution is 0.192. The number of nitrogens with two attached hydrogens (primary N) is 1. The fourth-order valence-corrected chi connectivity index (χ4v) is 2.63. The van der Waals surface area contributed by atoms with E-state index in [0.29, 0.717) is 6.04 Å². The van der Waals surface area contributed by atoms with Crippen molar-refractivity contribution < 1.29 is 0 Å². The van der Waals surface area contributed by atoms with E-state index < -0.39 is 0 Å². The molecule has 0 aliphatic rings. The predicted octanol–water partition coefficient (Wildman–Crippen LogP) is 4.43. The third-order valence-electron chi connectivity index (χ3n) is 3.38. The molecule has 0 fully saturated rings. The molecule has 2 N–H and O–H groups in total. The SMILES string of the molecule is CCCCN(Cc1cc(N)cc(Br)c1)C(C)CC. The van der Waals surface area contributed by atoms with Crippen LogP contribution in [0.15, 0.2) is 22.7 Å². The Morgan fingerprint density at radius 3 is 2.56 bits per heavy atom. The summed E-state index contributed by atoms with van der Waals surface area (Å²) in [5.41, 5.74) is 8.02. The van der Waals surface area contributed by atoms with Gasteiger partial charge in [0.2, 0.25) is 0 Å². The third kappa shape index (κ3) is 4.99. The Bertz CT molecular complexity index is 345. The Hall–Kier alpha value is -0.540.